The van der Waals surface area contributed by atoms with Gasteiger partial charge in [-0.3, -0.25) is 4.79 Å². The molecule has 1 amide bonds. The van der Waals surface area contributed by atoms with Gasteiger partial charge in [0.1, 0.15) is 0 Å². The Kier molecular flexibility index (Phi) is 5.58. The van der Waals surface area contributed by atoms with Gasteiger partial charge in [-0.15, -0.1) is 12.4 Å². The summed E-state index contributed by atoms with van der Waals surface area (Å²) in [7, 11) is 0. The van der Waals surface area contributed by atoms with Crippen molar-refractivity contribution in [2.24, 2.45) is 5.73 Å². The first-order chi connectivity index (χ1) is 9.75. The van der Waals surface area contributed by atoms with Crippen molar-refractivity contribution in [3.8, 4) is 0 Å². The van der Waals surface area contributed by atoms with Crippen molar-refractivity contribution >= 4 is 18.3 Å². The van der Waals surface area contributed by atoms with Crippen LogP contribution in [0.3, 0.4) is 0 Å². The molecule has 0 bridgehead atoms. The number of likely N-dealkylation sites (tertiary alicyclic amines) is 1. The van der Waals surface area contributed by atoms with E-state index in [2.05, 4.69) is 12.1 Å². The van der Waals surface area contributed by atoms with Crippen LogP contribution in [0.1, 0.15) is 11.5 Å². The number of benzene rings is 1. The third-order valence-corrected chi connectivity index (χ3v) is 4.00. The lowest BCUT2D eigenvalue weighted by Crippen LogP contribution is -2.45. The van der Waals surface area contributed by atoms with Crippen LogP contribution >= 0.6 is 12.4 Å². The molecular formula is C15H21ClN2O3. The van der Waals surface area contributed by atoms with Gasteiger partial charge >= 0.3 is 0 Å². The fourth-order valence-corrected chi connectivity index (χ4v) is 2.90. The zero-order chi connectivity index (χ0) is 13.9. The lowest BCUT2D eigenvalue weighted by Gasteiger charge is -2.26. The smallest absolute Gasteiger partial charge is 0.254 e. The second-order valence-electron chi connectivity index (χ2n) is 5.36. The van der Waals surface area contributed by atoms with E-state index < -0.39 is 6.10 Å². The van der Waals surface area contributed by atoms with Crippen molar-refractivity contribution in [3.05, 3.63) is 35.9 Å². The molecule has 1 unspecified atom stereocenters. The molecule has 2 saturated heterocycles. The van der Waals surface area contributed by atoms with Crippen LogP contribution in [0.2, 0.25) is 0 Å². The second kappa shape index (κ2) is 7.22. The lowest BCUT2D eigenvalue weighted by molar-refractivity contribution is -0.157. The van der Waals surface area contributed by atoms with Crippen molar-refractivity contribution in [2.45, 2.75) is 18.1 Å². The summed E-state index contributed by atoms with van der Waals surface area (Å²) in [6.45, 7) is 2.64. The molecule has 1 aromatic rings. The van der Waals surface area contributed by atoms with Gasteiger partial charge in [0.2, 0.25) is 0 Å². The maximum atomic E-state index is 12.4. The highest BCUT2D eigenvalue weighted by Gasteiger charge is 2.37. The van der Waals surface area contributed by atoms with Crippen molar-refractivity contribution < 1.29 is 14.3 Å². The molecular weight excluding hydrogens is 292 g/mol. The van der Waals surface area contributed by atoms with E-state index in [1.54, 1.807) is 0 Å². The van der Waals surface area contributed by atoms with Gasteiger partial charge in [-0.1, -0.05) is 30.3 Å². The molecule has 21 heavy (non-hydrogen) atoms. The molecule has 5 nitrogen and oxygen atoms in total. The Hall–Kier alpha value is -1.14. The zero-order valence-corrected chi connectivity index (χ0v) is 12.6. The van der Waals surface area contributed by atoms with E-state index in [-0.39, 0.29) is 30.3 Å². The van der Waals surface area contributed by atoms with Gasteiger partial charge in [-0.05, 0) is 5.56 Å². The van der Waals surface area contributed by atoms with Crippen molar-refractivity contribution in [2.75, 3.05) is 32.9 Å². The molecule has 0 radical (unpaired) electrons. The molecule has 2 fully saturated rings. The van der Waals surface area contributed by atoms with Crippen molar-refractivity contribution in [1.29, 1.82) is 0 Å². The molecule has 2 heterocycles. The summed E-state index contributed by atoms with van der Waals surface area (Å²) in [6, 6.07) is 10.1. The van der Waals surface area contributed by atoms with Crippen LogP contribution in [-0.4, -0.2) is 55.9 Å². The molecule has 6 heteroatoms. The van der Waals surface area contributed by atoms with Gasteiger partial charge < -0.3 is 20.1 Å². The number of nitrogens with two attached hydrogens (primary N) is 1. The summed E-state index contributed by atoms with van der Waals surface area (Å²) in [4.78, 5) is 14.2. The predicted molar refractivity (Wildman–Crippen MR) is 81.5 cm³/mol. The van der Waals surface area contributed by atoms with Crippen LogP contribution in [0.15, 0.2) is 30.3 Å². The van der Waals surface area contributed by atoms with Gasteiger partial charge in [0.25, 0.3) is 5.91 Å². The zero-order valence-electron chi connectivity index (χ0n) is 11.8. The fourth-order valence-electron chi connectivity index (χ4n) is 2.90. The van der Waals surface area contributed by atoms with Crippen LogP contribution in [0.25, 0.3) is 0 Å². The molecule has 0 aliphatic carbocycles. The number of carbonyl (C=O) groups excluding carboxylic acids is 1. The standard InChI is InChI=1S/C15H20N2O3.ClH/c16-13-9-17(15(18)14-10-19-6-7-20-14)8-12(13)11-4-2-1-3-5-11;/h1-5,12-14H,6-10,16H2;1H/t12-,13+,14?;/m0./s1. The number of nitrogens with zero attached hydrogens (tertiary/aromatic N) is 1. The van der Waals surface area contributed by atoms with E-state index in [1.165, 1.54) is 5.56 Å². The third-order valence-electron chi connectivity index (χ3n) is 4.00. The third kappa shape index (κ3) is 3.55. The second-order valence-corrected chi connectivity index (χ2v) is 5.36. The van der Waals surface area contributed by atoms with E-state index in [1.807, 2.05) is 23.1 Å². The minimum atomic E-state index is -0.467. The first kappa shape index (κ1) is 16.2. The van der Waals surface area contributed by atoms with Crippen molar-refractivity contribution in [3.63, 3.8) is 0 Å². The highest BCUT2D eigenvalue weighted by atomic mass is 35.5. The number of hydrogen-bond acceptors (Lipinski definition) is 4. The normalized spacial score (nSPS) is 29.0. The summed E-state index contributed by atoms with van der Waals surface area (Å²) >= 11 is 0. The van der Waals surface area contributed by atoms with Gasteiger partial charge in [0.05, 0.1) is 19.8 Å². The summed E-state index contributed by atoms with van der Waals surface area (Å²) in [6.07, 6.45) is -0.467. The largest absolute Gasteiger partial charge is 0.376 e. The summed E-state index contributed by atoms with van der Waals surface area (Å²) in [5, 5.41) is 0. The molecule has 2 aliphatic rings. The van der Waals surface area contributed by atoms with Crippen LogP contribution in [-0.2, 0) is 14.3 Å². The topological polar surface area (TPSA) is 64.8 Å². The van der Waals surface area contributed by atoms with E-state index in [4.69, 9.17) is 15.2 Å². The Morgan fingerprint density at radius 3 is 2.62 bits per heavy atom. The molecule has 3 rings (SSSR count). The van der Waals surface area contributed by atoms with E-state index >= 15 is 0 Å². The molecule has 0 spiro atoms. The van der Waals surface area contributed by atoms with Gasteiger partial charge in [0.15, 0.2) is 6.10 Å². The first-order valence-electron chi connectivity index (χ1n) is 7.04. The Morgan fingerprint density at radius 1 is 1.19 bits per heavy atom. The van der Waals surface area contributed by atoms with Crippen LogP contribution in [0.5, 0.6) is 0 Å². The van der Waals surface area contributed by atoms with Gasteiger partial charge in [-0.25, -0.2) is 0 Å². The van der Waals surface area contributed by atoms with Gasteiger partial charge in [-0.2, -0.15) is 0 Å². The first-order valence-corrected chi connectivity index (χ1v) is 7.04. The number of rotatable bonds is 2. The Balaban J connectivity index is 0.00000161. The van der Waals surface area contributed by atoms with E-state index in [0.717, 1.165) is 0 Å². The Bertz CT molecular complexity index is 465. The number of halogens is 1. The monoisotopic (exact) mass is 312 g/mol. The Labute approximate surface area is 130 Å². The van der Waals surface area contributed by atoms with Crippen LogP contribution in [0.4, 0.5) is 0 Å². The molecule has 2 aliphatic heterocycles. The average Bonchev–Trinajstić information content (AvgIpc) is 2.90. The number of carbonyl (C=O) groups is 1. The Morgan fingerprint density at radius 2 is 1.95 bits per heavy atom. The van der Waals surface area contributed by atoms with Crippen LogP contribution in [0, 0.1) is 0 Å². The van der Waals surface area contributed by atoms with Gasteiger partial charge in [0, 0.05) is 25.0 Å². The summed E-state index contributed by atoms with van der Waals surface area (Å²) in [5.74, 6) is 0.197. The fraction of sp³-hybridized carbons (Fsp3) is 0.533. The van der Waals surface area contributed by atoms with Crippen molar-refractivity contribution in [1.82, 2.24) is 4.90 Å². The number of hydrogen-bond donors (Lipinski definition) is 1. The number of amides is 1. The van der Waals surface area contributed by atoms with Crippen LogP contribution < -0.4 is 5.73 Å². The summed E-state index contributed by atoms with van der Waals surface area (Å²) < 4.78 is 10.8. The minimum absolute atomic E-state index is 0. The summed E-state index contributed by atoms with van der Waals surface area (Å²) in [5.41, 5.74) is 7.39. The predicted octanol–water partition coefficient (Wildman–Crippen LogP) is 0.777. The highest BCUT2D eigenvalue weighted by molar-refractivity contribution is 5.85. The molecule has 3 atom stereocenters. The molecule has 116 valence electrons. The average molecular weight is 313 g/mol. The number of ether oxygens (including phenoxy) is 2. The van der Waals surface area contributed by atoms with E-state index in [0.29, 0.717) is 32.9 Å². The maximum Gasteiger partial charge on any atom is 0.254 e. The maximum absolute atomic E-state index is 12.4. The lowest BCUT2D eigenvalue weighted by atomic mass is 9.95. The highest BCUT2D eigenvalue weighted by Crippen LogP contribution is 2.27. The SMILES string of the molecule is Cl.N[C@@H]1CN(C(=O)C2COCCO2)C[C@H]1c1ccccc1. The minimum Gasteiger partial charge on any atom is -0.376 e. The quantitative estimate of drug-likeness (QED) is 0.876. The van der Waals surface area contributed by atoms with E-state index in [9.17, 15) is 4.79 Å². The molecule has 0 saturated carbocycles. The molecule has 1 aromatic carbocycles. The molecule has 0 aromatic heterocycles. The molecule has 2 N–H and O–H groups in total.